The molecule has 1 aliphatic rings. The maximum atomic E-state index is 13.1. The Labute approximate surface area is 184 Å². The molecule has 8 heteroatoms. The van der Waals surface area contributed by atoms with Crippen LogP contribution in [-0.4, -0.2) is 44.4 Å². The third-order valence-corrected chi connectivity index (χ3v) is 7.26. The monoisotopic (exact) mass is 446 g/mol. The lowest BCUT2D eigenvalue weighted by Crippen LogP contribution is -2.41. The predicted octanol–water partition coefficient (Wildman–Crippen LogP) is 4.30. The van der Waals surface area contributed by atoms with E-state index >= 15 is 0 Å². The summed E-state index contributed by atoms with van der Waals surface area (Å²) >= 11 is 0. The highest BCUT2D eigenvalue weighted by Gasteiger charge is 2.31. The van der Waals surface area contributed by atoms with E-state index in [0.29, 0.717) is 36.9 Å². The second-order valence-corrected chi connectivity index (χ2v) is 9.36. The average molecular weight is 447 g/mol. The smallest absolute Gasteiger partial charge is 0.255 e. The Kier molecular flexibility index (Phi) is 7.56. The number of sulfonamides is 1. The zero-order valence-corrected chi connectivity index (χ0v) is 19.1. The number of rotatable bonds is 8. The quantitative estimate of drug-likeness (QED) is 0.654. The van der Waals surface area contributed by atoms with E-state index in [2.05, 4.69) is 5.32 Å². The Morgan fingerprint density at radius 2 is 1.81 bits per heavy atom. The number of hydrogen-bond acceptors (Lipinski definition) is 5. The van der Waals surface area contributed by atoms with Gasteiger partial charge in [0.1, 0.15) is 0 Å². The van der Waals surface area contributed by atoms with Crippen molar-refractivity contribution in [3.05, 3.63) is 48.0 Å². The van der Waals surface area contributed by atoms with Crippen molar-refractivity contribution in [2.75, 3.05) is 25.1 Å². The van der Waals surface area contributed by atoms with E-state index < -0.39 is 15.9 Å². The van der Waals surface area contributed by atoms with Gasteiger partial charge in [-0.2, -0.15) is 4.31 Å². The highest BCUT2D eigenvalue weighted by molar-refractivity contribution is 7.89. The summed E-state index contributed by atoms with van der Waals surface area (Å²) in [6.45, 7) is 7.16. The molecule has 0 bridgehead atoms. The number of carbonyl (C=O) groups excluding carboxylic acids is 1. The van der Waals surface area contributed by atoms with Gasteiger partial charge in [0.25, 0.3) is 5.91 Å². The molecule has 7 nitrogen and oxygen atoms in total. The minimum absolute atomic E-state index is 0.0444. The zero-order valence-electron chi connectivity index (χ0n) is 18.3. The van der Waals surface area contributed by atoms with E-state index in [1.165, 1.54) is 16.4 Å². The van der Waals surface area contributed by atoms with Gasteiger partial charge in [-0.15, -0.1) is 0 Å². The fourth-order valence-electron chi connectivity index (χ4n) is 3.69. The van der Waals surface area contributed by atoms with Crippen LogP contribution in [-0.2, 0) is 10.0 Å². The van der Waals surface area contributed by atoms with E-state index in [4.69, 9.17) is 9.47 Å². The molecule has 1 atom stereocenters. The van der Waals surface area contributed by atoms with E-state index in [0.717, 1.165) is 19.3 Å². The second-order valence-electron chi connectivity index (χ2n) is 7.47. The normalized spacial score (nSPS) is 17.2. The molecule has 1 N–H and O–H groups in total. The van der Waals surface area contributed by atoms with E-state index in [9.17, 15) is 13.2 Å². The standard InChI is InChI=1S/C23H30N2O5S/c1-4-29-21-13-12-19(16-22(21)30-5-2)24-23(26)18-10-8-11-20(15-18)31(27,28)25-14-7-6-9-17(25)3/h8,10-13,15-17H,4-7,9,14H2,1-3H3,(H,24,26)/t17-/m1/s1. The molecule has 0 saturated carbocycles. The van der Waals surface area contributed by atoms with Crippen molar-refractivity contribution in [3.8, 4) is 11.5 Å². The second kappa shape index (κ2) is 10.2. The van der Waals surface area contributed by atoms with Gasteiger partial charge in [-0.05, 0) is 63.9 Å². The molecule has 3 rings (SSSR count). The van der Waals surface area contributed by atoms with Crippen molar-refractivity contribution < 1.29 is 22.7 Å². The number of amides is 1. The van der Waals surface area contributed by atoms with Crippen LogP contribution in [0.25, 0.3) is 0 Å². The van der Waals surface area contributed by atoms with Gasteiger partial charge >= 0.3 is 0 Å². The topological polar surface area (TPSA) is 84.9 Å². The predicted molar refractivity (Wildman–Crippen MR) is 120 cm³/mol. The van der Waals surface area contributed by atoms with Crippen LogP contribution in [0.15, 0.2) is 47.4 Å². The van der Waals surface area contributed by atoms with Gasteiger partial charge in [0.15, 0.2) is 11.5 Å². The van der Waals surface area contributed by atoms with Crippen LogP contribution in [0.5, 0.6) is 11.5 Å². The first-order valence-corrected chi connectivity index (χ1v) is 12.1. The van der Waals surface area contributed by atoms with Gasteiger partial charge in [0.05, 0.1) is 18.1 Å². The van der Waals surface area contributed by atoms with Gasteiger partial charge in [-0.25, -0.2) is 8.42 Å². The number of nitrogens with one attached hydrogen (secondary N) is 1. The summed E-state index contributed by atoms with van der Waals surface area (Å²) in [7, 11) is -3.65. The number of piperidine rings is 1. The van der Waals surface area contributed by atoms with Gasteiger partial charge in [-0.1, -0.05) is 12.5 Å². The molecule has 31 heavy (non-hydrogen) atoms. The van der Waals surface area contributed by atoms with Gasteiger partial charge in [-0.3, -0.25) is 4.79 Å². The third-order valence-electron chi connectivity index (χ3n) is 5.25. The molecular weight excluding hydrogens is 416 g/mol. The van der Waals surface area contributed by atoms with Crippen LogP contribution in [0.4, 0.5) is 5.69 Å². The van der Waals surface area contributed by atoms with Crippen LogP contribution < -0.4 is 14.8 Å². The van der Waals surface area contributed by atoms with Crippen LogP contribution in [0, 0.1) is 0 Å². The highest BCUT2D eigenvalue weighted by Crippen LogP contribution is 2.31. The molecule has 1 heterocycles. The molecular formula is C23H30N2O5S. The van der Waals surface area contributed by atoms with Crippen LogP contribution in [0.1, 0.15) is 50.4 Å². The molecule has 1 amide bonds. The van der Waals surface area contributed by atoms with Gasteiger partial charge in [0.2, 0.25) is 10.0 Å². The summed E-state index contributed by atoms with van der Waals surface area (Å²) in [6, 6.07) is 11.3. The first-order valence-electron chi connectivity index (χ1n) is 10.7. The number of ether oxygens (including phenoxy) is 2. The minimum Gasteiger partial charge on any atom is -0.490 e. The molecule has 1 aliphatic heterocycles. The van der Waals surface area contributed by atoms with Crippen LogP contribution in [0.3, 0.4) is 0 Å². The summed E-state index contributed by atoms with van der Waals surface area (Å²) in [5, 5.41) is 2.81. The van der Waals surface area contributed by atoms with Crippen LogP contribution >= 0.6 is 0 Å². The number of nitrogens with zero attached hydrogens (tertiary/aromatic N) is 1. The van der Waals surface area contributed by atoms with Crippen molar-refractivity contribution in [3.63, 3.8) is 0 Å². The molecule has 1 fully saturated rings. The Morgan fingerprint density at radius 3 is 2.52 bits per heavy atom. The van der Waals surface area contributed by atoms with E-state index in [1.54, 1.807) is 30.3 Å². The molecule has 1 saturated heterocycles. The fraction of sp³-hybridized carbons (Fsp3) is 0.435. The van der Waals surface area contributed by atoms with E-state index in [-0.39, 0.29) is 16.5 Å². The Bertz CT molecular complexity index is 1020. The van der Waals surface area contributed by atoms with Crippen LogP contribution in [0.2, 0.25) is 0 Å². The summed E-state index contributed by atoms with van der Waals surface area (Å²) in [6.07, 6.45) is 2.73. The molecule has 2 aromatic rings. The lowest BCUT2D eigenvalue weighted by molar-refractivity contribution is 0.102. The van der Waals surface area contributed by atoms with Crippen molar-refractivity contribution >= 4 is 21.6 Å². The maximum Gasteiger partial charge on any atom is 0.255 e. The molecule has 0 spiro atoms. The van der Waals surface area contributed by atoms with Gasteiger partial charge < -0.3 is 14.8 Å². The molecule has 0 unspecified atom stereocenters. The number of carbonyl (C=O) groups is 1. The highest BCUT2D eigenvalue weighted by atomic mass is 32.2. The Morgan fingerprint density at radius 1 is 1.06 bits per heavy atom. The van der Waals surface area contributed by atoms with Gasteiger partial charge in [0, 0.05) is 29.9 Å². The number of anilines is 1. The molecule has 0 aromatic heterocycles. The van der Waals surface area contributed by atoms with Crippen molar-refractivity contribution in [2.24, 2.45) is 0 Å². The van der Waals surface area contributed by atoms with E-state index in [1.807, 2.05) is 20.8 Å². The fourth-order valence-corrected chi connectivity index (χ4v) is 5.44. The summed E-state index contributed by atoms with van der Waals surface area (Å²) in [4.78, 5) is 13.0. The Balaban J connectivity index is 1.81. The first-order chi connectivity index (χ1) is 14.9. The largest absolute Gasteiger partial charge is 0.490 e. The first kappa shape index (κ1) is 23.1. The third kappa shape index (κ3) is 5.37. The van der Waals surface area contributed by atoms with Crippen molar-refractivity contribution in [1.29, 1.82) is 0 Å². The maximum absolute atomic E-state index is 13.1. The summed E-state index contributed by atoms with van der Waals surface area (Å²) < 4.78 is 38.9. The summed E-state index contributed by atoms with van der Waals surface area (Å²) in [5.74, 6) is 0.749. The lowest BCUT2D eigenvalue weighted by atomic mass is 10.1. The van der Waals surface area contributed by atoms with Crippen molar-refractivity contribution in [1.82, 2.24) is 4.31 Å². The lowest BCUT2D eigenvalue weighted by Gasteiger charge is -2.32. The molecule has 0 aliphatic carbocycles. The minimum atomic E-state index is -3.65. The number of hydrogen-bond donors (Lipinski definition) is 1. The molecule has 0 radical (unpaired) electrons. The Hall–Kier alpha value is -2.58. The average Bonchev–Trinajstić information content (AvgIpc) is 2.76. The SMILES string of the molecule is CCOc1ccc(NC(=O)c2cccc(S(=O)(=O)N3CCCC[C@H]3C)c2)cc1OCC. The molecule has 168 valence electrons. The summed E-state index contributed by atoms with van der Waals surface area (Å²) in [5.41, 5.74) is 0.812. The van der Waals surface area contributed by atoms with Crippen molar-refractivity contribution in [2.45, 2.75) is 51.0 Å². The zero-order chi connectivity index (χ0) is 22.4. The number of benzene rings is 2. The molecule has 2 aromatic carbocycles.